The highest BCUT2D eigenvalue weighted by Crippen LogP contribution is 2.20. The molecule has 0 saturated carbocycles. The summed E-state index contributed by atoms with van der Waals surface area (Å²) in [7, 11) is 0. The molecule has 0 aliphatic carbocycles. The lowest BCUT2D eigenvalue weighted by Gasteiger charge is -2.11. The van der Waals surface area contributed by atoms with E-state index in [1.54, 1.807) is 6.07 Å². The van der Waals surface area contributed by atoms with Crippen molar-refractivity contribution in [2.24, 2.45) is 0 Å². The van der Waals surface area contributed by atoms with Crippen molar-refractivity contribution in [2.75, 3.05) is 11.9 Å². The average Bonchev–Trinajstić information content (AvgIpc) is 2.71. The number of hydrogen-bond donors (Lipinski definition) is 2. The Bertz CT molecular complexity index is 964. The molecule has 3 aromatic rings. The number of benzene rings is 2. The highest BCUT2D eigenvalue weighted by atomic mass is 16.2. The van der Waals surface area contributed by atoms with Gasteiger partial charge in [-0.3, -0.25) is 14.6 Å². The lowest BCUT2D eigenvalue weighted by atomic mass is 10.1. The van der Waals surface area contributed by atoms with E-state index in [2.05, 4.69) is 15.6 Å². The Morgan fingerprint density at radius 2 is 1.61 bits per heavy atom. The lowest BCUT2D eigenvalue weighted by molar-refractivity contribution is 0.0954. The van der Waals surface area contributed by atoms with Crippen LogP contribution in [0.4, 0.5) is 5.69 Å². The second kappa shape index (κ2) is 8.95. The molecule has 0 aliphatic rings. The first-order valence-corrected chi connectivity index (χ1v) is 9.20. The molecule has 0 atom stereocenters. The van der Waals surface area contributed by atoms with Gasteiger partial charge < -0.3 is 10.6 Å². The number of aromatic nitrogens is 1. The highest BCUT2D eigenvalue weighted by Gasteiger charge is 2.13. The number of carbonyl (C=O) groups is 2. The van der Waals surface area contributed by atoms with Crippen LogP contribution in [0.3, 0.4) is 0 Å². The molecule has 0 radical (unpaired) electrons. The van der Waals surface area contributed by atoms with E-state index in [4.69, 9.17) is 0 Å². The van der Waals surface area contributed by atoms with Crippen molar-refractivity contribution in [1.29, 1.82) is 0 Å². The maximum atomic E-state index is 12.6. The van der Waals surface area contributed by atoms with Crippen molar-refractivity contribution in [3.8, 4) is 0 Å². The fourth-order valence-electron chi connectivity index (χ4n) is 2.95. The minimum Gasteiger partial charge on any atom is -0.352 e. The summed E-state index contributed by atoms with van der Waals surface area (Å²) < 4.78 is 0. The predicted molar refractivity (Wildman–Crippen MR) is 111 cm³/mol. The molecule has 2 aromatic carbocycles. The molecule has 5 nitrogen and oxygen atoms in total. The van der Waals surface area contributed by atoms with Crippen LogP contribution in [-0.4, -0.2) is 23.3 Å². The number of carbonyl (C=O) groups excluding carboxylic acids is 2. The zero-order valence-electron chi connectivity index (χ0n) is 16.0. The Morgan fingerprint density at radius 3 is 2.32 bits per heavy atom. The van der Waals surface area contributed by atoms with Crippen LogP contribution in [0.2, 0.25) is 0 Å². The molecule has 0 saturated heterocycles. The first-order chi connectivity index (χ1) is 13.5. The third-order valence-electron chi connectivity index (χ3n) is 4.52. The van der Waals surface area contributed by atoms with Gasteiger partial charge in [0.2, 0.25) is 0 Å². The summed E-state index contributed by atoms with van der Waals surface area (Å²) in [6, 6.07) is 18.9. The molecule has 2 N–H and O–H groups in total. The fraction of sp³-hybridized carbons (Fsp3) is 0.174. The monoisotopic (exact) mass is 373 g/mol. The third kappa shape index (κ3) is 4.82. The molecule has 2 amide bonds. The van der Waals surface area contributed by atoms with Crippen molar-refractivity contribution < 1.29 is 9.59 Å². The summed E-state index contributed by atoms with van der Waals surface area (Å²) in [5.41, 5.74) is 4.50. The topological polar surface area (TPSA) is 71.1 Å². The van der Waals surface area contributed by atoms with Crippen LogP contribution in [0, 0.1) is 13.8 Å². The minimum atomic E-state index is -0.337. The van der Waals surface area contributed by atoms with E-state index in [9.17, 15) is 9.59 Å². The molecule has 0 bridgehead atoms. The second-order valence-electron chi connectivity index (χ2n) is 6.64. The third-order valence-corrected chi connectivity index (χ3v) is 4.52. The van der Waals surface area contributed by atoms with Gasteiger partial charge in [-0.05, 0) is 49.1 Å². The Kier molecular flexibility index (Phi) is 6.17. The van der Waals surface area contributed by atoms with Gasteiger partial charge >= 0.3 is 0 Å². The van der Waals surface area contributed by atoms with Gasteiger partial charge in [0.05, 0.1) is 0 Å². The maximum absolute atomic E-state index is 12.6. The molecule has 0 spiro atoms. The van der Waals surface area contributed by atoms with Gasteiger partial charge in [0.1, 0.15) is 5.69 Å². The van der Waals surface area contributed by atoms with Crippen LogP contribution in [-0.2, 0) is 6.42 Å². The van der Waals surface area contributed by atoms with Crippen LogP contribution in [0.1, 0.15) is 37.5 Å². The SMILES string of the molecule is Cc1cccc(C)c1NC(=O)c1cc(C(=O)NCCc2ccccc2)ccn1. The number of nitrogens with zero attached hydrogens (tertiary/aromatic N) is 1. The Balaban J connectivity index is 1.64. The van der Waals surface area contributed by atoms with Gasteiger partial charge in [-0.25, -0.2) is 0 Å². The highest BCUT2D eigenvalue weighted by molar-refractivity contribution is 6.05. The van der Waals surface area contributed by atoms with Gasteiger partial charge in [-0.15, -0.1) is 0 Å². The maximum Gasteiger partial charge on any atom is 0.274 e. The van der Waals surface area contributed by atoms with Crippen molar-refractivity contribution in [2.45, 2.75) is 20.3 Å². The molecule has 0 aliphatic heterocycles. The molecule has 0 unspecified atom stereocenters. The second-order valence-corrected chi connectivity index (χ2v) is 6.64. The number of nitrogens with one attached hydrogen (secondary N) is 2. The quantitative estimate of drug-likeness (QED) is 0.688. The summed E-state index contributed by atoms with van der Waals surface area (Å²) in [4.78, 5) is 29.1. The van der Waals surface area contributed by atoms with Crippen molar-refractivity contribution in [3.05, 3.63) is 94.8 Å². The van der Waals surface area contributed by atoms with Gasteiger partial charge in [0, 0.05) is 24.0 Å². The van der Waals surface area contributed by atoms with Crippen molar-refractivity contribution in [1.82, 2.24) is 10.3 Å². The molecule has 1 aromatic heterocycles. The van der Waals surface area contributed by atoms with Crippen LogP contribution in [0.15, 0.2) is 66.9 Å². The van der Waals surface area contributed by atoms with Crippen molar-refractivity contribution >= 4 is 17.5 Å². The summed E-state index contributed by atoms with van der Waals surface area (Å²) in [6.07, 6.45) is 2.23. The number of amides is 2. The van der Waals surface area contributed by atoms with E-state index in [0.29, 0.717) is 12.1 Å². The molecular weight excluding hydrogens is 350 g/mol. The molecule has 5 heteroatoms. The number of aryl methyl sites for hydroxylation is 2. The van der Waals surface area contributed by atoms with Gasteiger partial charge in [0.25, 0.3) is 11.8 Å². The van der Waals surface area contributed by atoms with Crippen LogP contribution in [0.5, 0.6) is 0 Å². The number of anilines is 1. The molecule has 0 fully saturated rings. The average molecular weight is 373 g/mol. The number of pyridine rings is 1. The van der Waals surface area contributed by atoms with E-state index in [1.165, 1.54) is 12.3 Å². The van der Waals surface area contributed by atoms with Crippen LogP contribution >= 0.6 is 0 Å². The molecule has 142 valence electrons. The summed E-state index contributed by atoms with van der Waals surface area (Å²) in [5, 5.41) is 5.78. The number of para-hydroxylation sites is 1. The fourth-order valence-corrected chi connectivity index (χ4v) is 2.95. The molecule has 1 heterocycles. The van der Waals surface area contributed by atoms with E-state index in [-0.39, 0.29) is 17.5 Å². The molecular formula is C23H23N3O2. The number of rotatable bonds is 6. The van der Waals surface area contributed by atoms with E-state index in [0.717, 1.165) is 28.8 Å². The zero-order chi connectivity index (χ0) is 19.9. The number of hydrogen-bond acceptors (Lipinski definition) is 3. The summed E-state index contributed by atoms with van der Waals surface area (Å²) in [5.74, 6) is -0.559. The first kappa shape index (κ1) is 19.3. The van der Waals surface area contributed by atoms with Crippen LogP contribution < -0.4 is 10.6 Å². The minimum absolute atomic E-state index is 0.207. The Hall–Kier alpha value is -3.47. The first-order valence-electron chi connectivity index (χ1n) is 9.20. The zero-order valence-corrected chi connectivity index (χ0v) is 16.0. The smallest absolute Gasteiger partial charge is 0.274 e. The standard InChI is InChI=1S/C23H23N3O2/c1-16-7-6-8-17(2)21(16)26-23(28)20-15-19(12-14-24-20)22(27)25-13-11-18-9-4-3-5-10-18/h3-10,12,14-15H,11,13H2,1-2H3,(H,25,27)(H,26,28). The molecule has 28 heavy (non-hydrogen) atoms. The normalized spacial score (nSPS) is 10.4. The van der Waals surface area contributed by atoms with Gasteiger partial charge in [-0.2, -0.15) is 0 Å². The Labute approximate surface area is 164 Å². The van der Waals surface area contributed by atoms with Gasteiger partial charge in [-0.1, -0.05) is 48.5 Å². The summed E-state index contributed by atoms with van der Waals surface area (Å²) in [6.45, 7) is 4.40. The predicted octanol–water partition coefficient (Wildman–Crippen LogP) is 3.92. The van der Waals surface area contributed by atoms with E-state index < -0.39 is 0 Å². The largest absolute Gasteiger partial charge is 0.352 e. The lowest BCUT2D eigenvalue weighted by Crippen LogP contribution is -2.26. The summed E-state index contributed by atoms with van der Waals surface area (Å²) >= 11 is 0. The van der Waals surface area contributed by atoms with E-state index >= 15 is 0 Å². The van der Waals surface area contributed by atoms with E-state index in [1.807, 2.05) is 62.4 Å². The van der Waals surface area contributed by atoms with Crippen molar-refractivity contribution in [3.63, 3.8) is 0 Å². The Morgan fingerprint density at radius 1 is 0.893 bits per heavy atom. The van der Waals surface area contributed by atoms with Gasteiger partial charge in [0.15, 0.2) is 0 Å². The van der Waals surface area contributed by atoms with Crippen LogP contribution in [0.25, 0.3) is 0 Å². The molecule has 3 rings (SSSR count).